The molecular weight excluding hydrogens is 322 g/mol. The lowest BCUT2D eigenvalue weighted by atomic mass is 10.1. The number of carbonyl (C=O) groups is 1. The number of aromatic nitrogens is 2. The number of hydrogen-bond acceptors (Lipinski definition) is 3. The highest BCUT2D eigenvalue weighted by Crippen LogP contribution is 2.24. The van der Waals surface area contributed by atoms with Crippen LogP contribution in [-0.4, -0.2) is 34.7 Å². The second-order valence-electron chi connectivity index (χ2n) is 4.53. The molecule has 2 aromatic rings. The molecule has 6 heteroatoms. The predicted molar refractivity (Wildman–Crippen MR) is 79.7 cm³/mol. The van der Waals surface area contributed by atoms with Gasteiger partial charge in [0.2, 0.25) is 0 Å². The third kappa shape index (κ3) is 3.19. The molecule has 20 heavy (non-hydrogen) atoms. The lowest BCUT2D eigenvalue weighted by Crippen LogP contribution is -2.26. The van der Waals surface area contributed by atoms with Gasteiger partial charge in [-0.05, 0) is 18.2 Å². The van der Waals surface area contributed by atoms with Gasteiger partial charge in [0, 0.05) is 36.9 Å². The molecule has 5 nitrogen and oxygen atoms in total. The maximum absolute atomic E-state index is 12.5. The maximum Gasteiger partial charge on any atom is 0.257 e. The van der Waals surface area contributed by atoms with Crippen LogP contribution in [0, 0.1) is 0 Å². The number of rotatable bonds is 4. The summed E-state index contributed by atoms with van der Waals surface area (Å²) in [5.74, 6) is 0.473. The van der Waals surface area contributed by atoms with Gasteiger partial charge >= 0.3 is 0 Å². The molecule has 0 saturated carbocycles. The molecule has 0 atom stereocenters. The van der Waals surface area contributed by atoms with Gasteiger partial charge in [-0.25, -0.2) is 0 Å². The molecule has 2 rings (SSSR count). The smallest absolute Gasteiger partial charge is 0.257 e. The first kappa shape index (κ1) is 14.6. The van der Waals surface area contributed by atoms with E-state index in [-0.39, 0.29) is 5.91 Å². The van der Waals surface area contributed by atoms with Crippen molar-refractivity contribution in [1.82, 2.24) is 14.7 Å². The molecule has 0 saturated heterocycles. The summed E-state index contributed by atoms with van der Waals surface area (Å²) in [5.41, 5.74) is 1.53. The van der Waals surface area contributed by atoms with Crippen molar-refractivity contribution in [3.8, 4) is 5.75 Å². The molecule has 0 aliphatic carbocycles. The van der Waals surface area contributed by atoms with Crippen LogP contribution in [0.4, 0.5) is 0 Å². The molecule has 1 aromatic carbocycles. The number of methoxy groups -OCH3 is 1. The Kier molecular flexibility index (Phi) is 4.44. The number of carbonyl (C=O) groups excluding carboxylic acids is 1. The SMILES string of the molecule is COc1cc(Br)ccc1C(=O)N(C)Cc1cnn(C)c1. The summed E-state index contributed by atoms with van der Waals surface area (Å²) in [6.07, 6.45) is 3.64. The van der Waals surface area contributed by atoms with Crippen molar-refractivity contribution in [3.05, 3.63) is 46.2 Å². The van der Waals surface area contributed by atoms with Gasteiger partial charge in [0.25, 0.3) is 5.91 Å². The van der Waals surface area contributed by atoms with E-state index in [1.54, 1.807) is 42.1 Å². The Morgan fingerprint density at radius 3 is 2.85 bits per heavy atom. The van der Waals surface area contributed by atoms with Gasteiger partial charge in [0.05, 0.1) is 18.9 Å². The van der Waals surface area contributed by atoms with E-state index in [2.05, 4.69) is 21.0 Å². The van der Waals surface area contributed by atoms with E-state index in [4.69, 9.17) is 4.74 Å². The Morgan fingerprint density at radius 2 is 2.25 bits per heavy atom. The van der Waals surface area contributed by atoms with Crippen molar-refractivity contribution in [1.29, 1.82) is 0 Å². The van der Waals surface area contributed by atoms with Gasteiger partial charge in [-0.15, -0.1) is 0 Å². The minimum atomic E-state index is -0.0850. The third-order valence-electron chi connectivity index (χ3n) is 2.92. The van der Waals surface area contributed by atoms with Crippen molar-refractivity contribution in [2.24, 2.45) is 7.05 Å². The summed E-state index contributed by atoms with van der Waals surface area (Å²) in [7, 11) is 5.17. The van der Waals surface area contributed by atoms with E-state index >= 15 is 0 Å². The fraction of sp³-hybridized carbons (Fsp3) is 0.286. The number of aryl methyl sites for hydroxylation is 1. The largest absolute Gasteiger partial charge is 0.496 e. The summed E-state index contributed by atoms with van der Waals surface area (Å²) in [5, 5.41) is 4.09. The molecule has 0 aliphatic heterocycles. The molecule has 0 spiro atoms. The Balaban J connectivity index is 2.18. The molecular formula is C14H16BrN3O2. The summed E-state index contributed by atoms with van der Waals surface area (Å²) in [6.45, 7) is 0.506. The van der Waals surface area contributed by atoms with Crippen LogP contribution in [0.25, 0.3) is 0 Å². The molecule has 0 aliphatic rings. The first-order valence-corrected chi connectivity index (χ1v) is 6.87. The number of nitrogens with zero attached hydrogens (tertiary/aromatic N) is 3. The number of amides is 1. The number of ether oxygens (including phenoxy) is 1. The van der Waals surface area contributed by atoms with E-state index in [0.29, 0.717) is 17.9 Å². The zero-order valence-corrected chi connectivity index (χ0v) is 13.2. The maximum atomic E-state index is 12.5. The molecule has 1 aromatic heterocycles. The van der Waals surface area contributed by atoms with Gasteiger partial charge in [-0.1, -0.05) is 15.9 Å². The van der Waals surface area contributed by atoms with Crippen LogP contribution >= 0.6 is 15.9 Å². The normalized spacial score (nSPS) is 10.4. The Hall–Kier alpha value is -1.82. The summed E-state index contributed by atoms with van der Waals surface area (Å²) < 4.78 is 7.85. The van der Waals surface area contributed by atoms with Gasteiger partial charge in [-0.3, -0.25) is 9.48 Å². The first-order valence-electron chi connectivity index (χ1n) is 6.08. The van der Waals surface area contributed by atoms with E-state index in [1.165, 1.54) is 0 Å². The van der Waals surface area contributed by atoms with Crippen LogP contribution in [0.5, 0.6) is 5.75 Å². The third-order valence-corrected chi connectivity index (χ3v) is 3.41. The highest BCUT2D eigenvalue weighted by molar-refractivity contribution is 9.10. The molecule has 0 radical (unpaired) electrons. The summed E-state index contributed by atoms with van der Waals surface area (Å²) in [4.78, 5) is 14.1. The Morgan fingerprint density at radius 1 is 1.50 bits per heavy atom. The average molecular weight is 338 g/mol. The lowest BCUT2D eigenvalue weighted by Gasteiger charge is -2.18. The van der Waals surface area contributed by atoms with Crippen LogP contribution in [0.2, 0.25) is 0 Å². The molecule has 0 unspecified atom stereocenters. The minimum absolute atomic E-state index is 0.0850. The van der Waals surface area contributed by atoms with Gasteiger partial charge < -0.3 is 9.64 Å². The number of halogens is 1. The van der Waals surface area contributed by atoms with Crippen LogP contribution in [-0.2, 0) is 13.6 Å². The van der Waals surface area contributed by atoms with E-state index in [0.717, 1.165) is 10.0 Å². The summed E-state index contributed by atoms with van der Waals surface area (Å²) >= 11 is 3.36. The van der Waals surface area contributed by atoms with E-state index in [9.17, 15) is 4.79 Å². The van der Waals surface area contributed by atoms with Crippen molar-refractivity contribution in [2.75, 3.05) is 14.2 Å². The van der Waals surface area contributed by atoms with Crippen LogP contribution in [0.1, 0.15) is 15.9 Å². The second kappa shape index (κ2) is 6.09. The standard InChI is InChI=1S/C14H16BrN3O2/c1-17(8-10-7-16-18(2)9-10)14(19)12-5-4-11(15)6-13(12)20-3/h4-7,9H,8H2,1-3H3. The Bertz CT molecular complexity index is 625. The van der Waals surface area contributed by atoms with Crippen molar-refractivity contribution < 1.29 is 9.53 Å². The molecule has 1 heterocycles. The monoisotopic (exact) mass is 337 g/mol. The van der Waals surface area contributed by atoms with E-state index in [1.807, 2.05) is 19.3 Å². The van der Waals surface area contributed by atoms with Gasteiger partial charge in [0.1, 0.15) is 5.75 Å². The highest BCUT2D eigenvalue weighted by atomic mass is 79.9. The fourth-order valence-electron chi connectivity index (χ4n) is 1.95. The second-order valence-corrected chi connectivity index (χ2v) is 5.44. The van der Waals surface area contributed by atoms with Crippen LogP contribution in [0.3, 0.4) is 0 Å². The lowest BCUT2D eigenvalue weighted by molar-refractivity contribution is 0.0781. The zero-order valence-electron chi connectivity index (χ0n) is 11.6. The van der Waals surface area contributed by atoms with Gasteiger partial charge in [-0.2, -0.15) is 5.10 Å². The zero-order chi connectivity index (χ0) is 14.7. The van der Waals surface area contributed by atoms with Crippen LogP contribution < -0.4 is 4.74 Å². The predicted octanol–water partition coefficient (Wildman–Crippen LogP) is 2.46. The van der Waals surface area contributed by atoms with E-state index < -0.39 is 0 Å². The minimum Gasteiger partial charge on any atom is -0.496 e. The first-order chi connectivity index (χ1) is 9.51. The van der Waals surface area contributed by atoms with Gasteiger partial charge in [0.15, 0.2) is 0 Å². The fourth-order valence-corrected chi connectivity index (χ4v) is 2.29. The number of hydrogen-bond donors (Lipinski definition) is 0. The molecule has 0 bridgehead atoms. The van der Waals surface area contributed by atoms with Crippen molar-refractivity contribution in [2.45, 2.75) is 6.54 Å². The van der Waals surface area contributed by atoms with Crippen molar-refractivity contribution in [3.63, 3.8) is 0 Å². The van der Waals surface area contributed by atoms with Crippen molar-refractivity contribution >= 4 is 21.8 Å². The quantitative estimate of drug-likeness (QED) is 0.860. The molecule has 106 valence electrons. The van der Waals surface area contributed by atoms with Crippen LogP contribution in [0.15, 0.2) is 35.1 Å². The number of benzene rings is 1. The average Bonchev–Trinajstić information content (AvgIpc) is 2.83. The topological polar surface area (TPSA) is 47.4 Å². The summed E-state index contributed by atoms with van der Waals surface area (Å²) in [6, 6.07) is 5.36. The molecule has 0 fully saturated rings. The Labute approximate surface area is 126 Å². The molecule has 1 amide bonds. The highest BCUT2D eigenvalue weighted by Gasteiger charge is 2.17. The molecule has 0 N–H and O–H groups in total.